The van der Waals surface area contributed by atoms with Crippen LogP contribution in [0.25, 0.3) is 0 Å². The first-order valence-electron chi connectivity index (χ1n) is 9.23. The fourth-order valence-corrected chi connectivity index (χ4v) is 3.54. The number of hydrogen-bond donors (Lipinski definition) is 2. The normalized spacial score (nSPS) is 16.1. The molecule has 1 amide bonds. The molecule has 2 N–H and O–H groups in total. The number of nitrogens with one attached hydrogen (secondary N) is 2. The topological polar surface area (TPSA) is 42.8 Å². The van der Waals surface area contributed by atoms with Gasteiger partial charge in [-0.1, -0.05) is 47.5 Å². The predicted octanol–water partition coefficient (Wildman–Crippen LogP) is 2.10. The number of aryl methyl sites for hydroxylation is 1. The van der Waals surface area contributed by atoms with Gasteiger partial charge in [0, 0.05) is 10.6 Å². The Morgan fingerprint density at radius 2 is 1.93 bits per heavy atom. The van der Waals surface area contributed by atoms with Gasteiger partial charge in [-0.3, -0.25) is 4.79 Å². The van der Waals surface area contributed by atoms with Gasteiger partial charge in [0.15, 0.2) is 0 Å². The maximum absolute atomic E-state index is 14.0. The summed E-state index contributed by atoms with van der Waals surface area (Å²) in [4.78, 5) is 14.0. The van der Waals surface area contributed by atoms with Crippen molar-refractivity contribution in [3.8, 4) is 0 Å². The summed E-state index contributed by atoms with van der Waals surface area (Å²) in [5, 5.41) is 3.35. The summed E-state index contributed by atoms with van der Waals surface area (Å²) in [5.74, 6) is -0.691. The summed E-state index contributed by atoms with van der Waals surface area (Å²) in [6, 6.07) is 12.5. The molecule has 4 nitrogen and oxygen atoms in total. The van der Waals surface area contributed by atoms with E-state index in [0.29, 0.717) is 0 Å². The molecule has 1 heterocycles. The predicted molar refractivity (Wildman–Crippen MR) is 104 cm³/mol. The monoisotopic (exact) mass is 391 g/mol. The summed E-state index contributed by atoms with van der Waals surface area (Å²) in [7, 11) is 0. The highest BCUT2D eigenvalue weighted by molar-refractivity contribution is 6.31. The fourth-order valence-electron chi connectivity index (χ4n) is 3.31. The highest BCUT2D eigenvalue weighted by Gasteiger charge is 2.23. The average Bonchev–Trinajstić information content (AvgIpc) is 2.66. The van der Waals surface area contributed by atoms with E-state index in [1.54, 1.807) is 6.07 Å². The first kappa shape index (κ1) is 19.8. The molecule has 1 aliphatic heterocycles. The summed E-state index contributed by atoms with van der Waals surface area (Å²) in [6.07, 6.45) is -0.0771. The second-order valence-corrected chi connectivity index (χ2v) is 7.38. The number of morpholine rings is 1. The Balaban J connectivity index is 1.73. The van der Waals surface area contributed by atoms with Gasteiger partial charge in [-0.25, -0.2) is 4.39 Å². The molecule has 27 heavy (non-hydrogen) atoms. The van der Waals surface area contributed by atoms with Crippen molar-refractivity contribution in [3.63, 3.8) is 0 Å². The van der Waals surface area contributed by atoms with Gasteiger partial charge in [-0.15, -0.1) is 0 Å². The minimum atomic E-state index is -0.455. The minimum Gasteiger partial charge on any atom is -0.370 e. The van der Waals surface area contributed by atoms with Crippen molar-refractivity contribution in [2.24, 2.45) is 0 Å². The van der Waals surface area contributed by atoms with E-state index < -0.39 is 5.82 Å². The Labute approximate surface area is 164 Å². The molecule has 3 rings (SSSR count). The summed E-state index contributed by atoms with van der Waals surface area (Å²) in [6.45, 7) is 6.09. The van der Waals surface area contributed by atoms with Gasteiger partial charge in [0.2, 0.25) is 5.91 Å². The number of benzene rings is 2. The molecule has 0 unspecified atom stereocenters. The zero-order valence-electron chi connectivity index (χ0n) is 15.4. The molecule has 2 aromatic carbocycles. The van der Waals surface area contributed by atoms with Gasteiger partial charge in [-0.05, 0) is 24.6 Å². The van der Waals surface area contributed by atoms with Gasteiger partial charge in [0.05, 0.1) is 19.6 Å². The van der Waals surface area contributed by atoms with Gasteiger partial charge < -0.3 is 15.0 Å². The molecule has 0 bridgehead atoms. The Kier molecular flexibility index (Phi) is 6.83. The highest BCUT2D eigenvalue weighted by atomic mass is 35.5. The van der Waals surface area contributed by atoms with Crippen LogP contribution in [-0.2, 0) is 16.0 Å². The number of halogens is 2. The smallest absolute Gasteiger partial charge is 0.225 e. The number of carbonyl (C=O) groups excluding carboxylic acids is 1. The van der Waals surface area contributed by atoms with E-state index in [2.05, 4.69) is 5.32 Å². The van der Waals surface area contributed by atoms with Crippen LogP contribution in [0.4, 0.5) is 4.39 Å². The van der Waals surface area contributed by atoms with Crippen molar-refractivity contribution >= 4 is 17.5 Å². The first-order chi connectivity index (χ1) is 13.0. The molecule has 1 atom stereocenters. The number of quaternary nitrogens is 1. The zero-order valence-corrected chi connectivity index (χ0v) is 16.2. The van der Waals surface area contributed by atoms with Crippen molar-refractivity contribution < 1.29 is 18.8 Å². The number of carbonyl (C=O) groups is 1. The average molecular weight is 392 g/mol. The van der Waals surface area contributed by atoms with Crippen molar-refractivity contribution in [1.29, 1.82) is 0 Å². The molecule has 0 radical (unpaired) electrons. The summed E-state index contributed by atoms with van der Waals surface area (Å²) in [5.41, 5.74) is 2.45. The maximum Gasteiger partial charge on any atom is 0.225 e. The van der Waals surface area contributed by atoms with E-state index in [-0.39, 0.29) is 29.0 Å². The lowest BCUT2D eigenvalue weighted by molar-refractivity contribution is -0.909. The van der Waals surface area contributed by atoms with Gasteiger partial charge in [-0.2, -0.15) is 0 Å². The zero-order chi connectivity index (χ0) is 19.2. The molecule has 0 saturated carbocycles. The molecule has 0 aliphatic carbocycles. The molecular weight excluding hydrogens is 367 g/mol. The van der Waals surface area contributed by atoms with Crippen molar-refractivity contribution in [1.82, 2.24) is 5.32 Å². The molecule has 6 heteroatoms. The van der Waals surface area contributed by atoms with E-state index in [0.717, 1.165) is 38.4 Å². The summed E-state index contributed by atoms with van der Waals surface area (Å²) >= 11 is 6.06. The van der Waals surface area contributed by atoms with E-state index in [9.17, 15) is 9.18 Å². The molecule has 2 aromatic rings. The SMILES string of the molecule is Cc1ccc([C@@H](C[NH+]2CCOCC2)NC(=O)Cc2c(F)cccc2Cl)cc1. The first-order valence-corrected chi connectivity index (χ1v) is 9.61. The molecule has 1 aliphatic rings. The lowest BCUT2D eigenvalue weighted by atomic mass is 10.0. The Hall–Kier alpha value is -1.95. The molecule has 0 aromatic heterocycles. The van der Waals surface area contributed by atoms with Crippen LogP contribution >= 0.6 is 11.6 Å². The second-order valence-electron chi connectivity index (χ2n) is 6.97. The number of hydrogen-bond acceptors (Lipinski definition) is 2. The molecule has 0 spiro atoms. The standard InChI is InChI=1S/C21H24ClFN2O2/c1-15-5-7-16(8-6-15)20(14-25-9-11-27-12-10-25)24-21(26)13-17-18(22)3-2-4-19(17)23/h2-8,20H,9-14H2,1H3,(H,24,26)/p+1/t20-/m1/s1. The Morgan fingerprint density at radius 3 is 2.59 bits per heavy atom. The number of amides is 1. The van der Waals surface area contributed by atoms with E-state index in [1.165, 1.54) is 22.6 Å². The molecule has 1 fully saturated rings. The molecular formula is C21H25ClFN2O2+. The lowest BCUT2D eigenvalue weighted by Crippen LogP contribution is -3.14. The fraction of sp³-hybridized carbons (Fsp3) is 0.381. The van der Waals surface area contributed by atoms with Crippen LogP contribution < -0.4 is 10.2 Å². The Morgan fingerprint density at radius 1 is 1.22 bits per heavy atom. The highest BCUT2D eigenvalue weighted by Crippen LogP contribution is 2.20. The largest absolute Gasteiger partial charge is 0.370 e. The summed E-state index contributed by atoms with van der Waals surface area (Å²) < 4.78 is 19.4. The maximum atomic E-state index is 14.0. The number of ether oxygens (including phenoxy) is 1. The van der Waals surface area contributed by atoms with Crippen LogP contribution in [0, 0.1) is 12.7 Å². The van der Waals surface area contributed by atoms with Crippen LogP contribution in [0.5, 0.6) is 0 Å². The van der Waals surface area contributed by atoms with Crippen molar-refractivity contribution in [2.45, 2.75) is 19.4 Å². The Bertz CT molecular complexity index is 756. The lowest BCUT2D eigenvalue weighted by Gasteiger charge is -2.28. The van der Waals surface area contributed by atoms with Gasteiger partial charge >= 0.3 is 0 Å². The van der Waals surface area contributed by atoms with Crippen molar-refractivity contribution in [3.05, 3.63) is 70.0 Å². The third-order valence-corrected chi connectivity index (χ3v) is 5.26. The molecule has 1 saturated heterocycles. The number of rotatable bonds is 6. The second kappa shape index (κ2) is 9.31. The molecule has 144 valence electrons. The van der Waals surface area contributed by atoms with E-state index in [1.807, 2.05) is 31.2 Å². The quantitative estimate of drug-likeness (QED) is 0.792. The minimum absolute atomic E-state index is 0.0771. The third-order valence-electron chi connectivity index (χ3n) is 4.91. The van der Waals surface area contributed by atoms with Crippen LogP contribution in [0.2, 0.25) is 5.02 Å². The van der Waals surface area contributed by atoms with E-state index in [4.69, 9.17) is 16.3 Å². The van der Waals surface area contributed by atoms with Crippen LogP contribution in [0.3, 0.4) is 0 Å². The van der Waals surface area contributed by atoms with Crippen molar-refractivity contribution in [2.75, 3.05) is 32.8 Å². The van der Waals surface area contributed by atoms with E-state index >= 15 is 0 Å². The third kappa shape index (κ3) is 5.51. The van der Waals surface area contributed by atoms with Crippen LogP contribution in [0.15, 0.2) is 42.5 Å². The van der Waals surface area contributed by atoms with Gasteiger partial charge in [0.1, 0.15) is 31.5 Å². The van der Waals surface area contributed by atoms with Crippen LogP contribution in [-0.4, -0.2) is 38.8 Å². The van der Waals surface area contributed by atoms with Crippen LogP contribution in [0.1, 0.15) is 22.7 Å². The van der Waals surface area contributed by atoms with Gasteiger partial charge in [0.25, 0.3) is 0 Å².